The van der Waals surface area contributed by atoms with E-state index in [-0.39, 0.29) is 5.97 Å². The molecule has 0 atom stereocenters. The topological polar surface area (TPSA) is 26.3 Å². The highest BCUT2D eigenvalue weighted by Gasteiger charge is 1.89. The molecule has 0 N–H and O–H groups in total. The van der Waals surface area contributed by atoms with Gasteiger partial charge in [0.25, 0.3) is 0 Å². The van der Waals surface area contributed by atoms with E-state index >= 15 is 0 Å². The molecule has 2 aromatic carbocycles. The second-order valence-electron chi connectivity index (χ2n) is 3.42. The highest BCUT2D eigenvalue weighted by Crippen LogP contribution is 2.00. The number of carbonyl (C=O) groups excluding carboxylic acids is 1. The van der Waals surface area contributed by atoms with Gasteiger partial charge in [-0.2, -0.15) is 0 Å². The molecule has 0 aliphatic heterocycles. The van der Waals surface area contributed by atoms with E-state index in [1.54, 1.807) is 6.08 Å². The van der Waals surface area contributed by atoms with Crippen LogP contribution < -0.4 is 0 Å². The summed E-state index contributed by atoms with van der Waals surface area (Å²) in [5, 5.41) is 0. The van der Waals surface area contributed by atoms with E-state index in [9.17, 15) is 4.79 Å². The summed E-state index contributed by atoms with van der Waals surface area (Å²) in [6.07, 6.45) is 3.11. The van der Waals surface area contributed by atoms with Crippen molar-refractivity contribution >= 4 is 12.0 Å². The van der Waals surface area contributed by atoms with Gasteiger partial charge in [0, 0.05) is 6.08 Å². The van der Waals surface area contributed by atoms with Crippen LogP contribution in [0.5, 0.6) is 0 Å². The molecule has 92 valence electrons. The Kier molecular flexibility index (Phi) is 6.68. The van der Waals surface area contributed by atoms with Crippen LogP contribution in [0.4, 0.5) is 0 Å². The summed E-state index contributed by atoms with van der Waals surface area (Å²) >= 11 is 0. The summed E-state index contributed by atoms with van der Waals surface area (Å²) in [5.74, 6) is -0.334. The summed E-state index contributed by atoms with van der Waals surface area (Å²) in [6, 6.07) is 21.6. The number of ether oxygens (including phenoxy) is 1. The van der Waals surface area contributed by atoms with E-state index in [4.69, 9.17) is 0 Å². The van der Waals surface area contributed by atoms with E-state index in [1.165, 1.54) is 13.2 Å². The fraction of sp³-hybridized carbons (Fsp3) is 0.0625. The zero-order valence-corrected chi connectivity index (χ0v) is 10.3. The Morgan fingerprint density at radius 2 is 1.33 bits per heavy atom. The maximum Gasteiger partial charge on any atom is 0.330 e. The fourth-order valence-corrected chi connectivity index (χ4v) is 1.18. The first-order valence-corrected chi connectivity index (χ1v) is 5.64. The largest absolute Gasteiger partial charge is 0.466 e. The lowest BCUT2D eigenvalue weighted by Crippen LogP contribution is -1.92. The molecule has 0 saturated carbocycles. The van der Waals surface area contributed by atoms with Gasteiger partial charge in [-0.3, -0.25) is 0 Å². The average molecular weight is 240 g/mol. The van der Waals surface area contributed by atoms with Crippen LogP contribution in [0, 0.1) is 0 Å². The number of hydrogen-bond donors (Lipinski definition) is 0. The van der Waals surface area contributed by atoms with E-state index in [0.717, 1.165) is 5.56 Å². The van der Waals surface area contributed by atoms with Crippen LogP contribution in [0.2, 0.25) is 0 Å². The van der Waals surface area contributed by atoms with Gasteiger partial charge in [-0.05, 0) is 11.6 Å². The van der Waals surface area contributed by atoms with E-state index in [1.807, 2.05) is 66.7 Å². The van der Waals surface area contributed by atoms with Crippen LogP contribution in [0.3, 0.4) is 0 Å². The molecular formula is C16H16O2. The molecule has 0 fully saturated rings. The van der Waals surface area contributed by atoms with Crippen LogP contribution in [-0.4, -0.2) is 13.1 Å². The molecular weight excluding hydrogens is 224 g/mol. The molecule has 0 spiro atoms. The molecule has 0 radical (unpaired) electrons. The molecule has 2 rings (SSSR count). The Labute approximate surface area is 108 Å². The molecule has 2 aromatic rings. The van der Waals surface area contributed by atoms with Crippen LogP contribution in [0.1, 0.15) is 5.56 Å². The third-order valence-electron chi connectivity index (χ3n) is 2.08. The zero-order valence-electron chi connectivity index (χ0n) is 10.3. The minimum absolute atomic E-state index is 0.334. The second kappa shape index (κ2) is 8.76. The van der Waals surface area contributed by atoms with Crippen molar-refractivity contribution in [1.82, 2.24) is 0 Å². The number of hydrogen-bond acceptors (Lipinski definition) is 2. The van der Waals surface area contributed by atoms with Crippen molar-refractivity contribution in [3.05, 3.63) is 78.4 Å². The van der Waals surface area contributed by atoms with Crippen molar-refractivity contribution in [3.63, 3.8) is 0 Å². The number of esters is 1. The minimum Gasteiger partial charge on any atom is -0.466 e. The number of carbonyl (C=O) groups is 1. The Morgan fingerprint density at radius 3 is 1.78 bits per heavy atom. The lowest BCUT2D eigenvalue weighted by Gasteiger charge is -1.91. The molecule has 0 aromatic heterocycles. The lowest BCUT2D eigenvalue weighted by molar-refractivity contribution is -0.134. The predicted molar refractivity (Wildman–Crippen MR) is 73.9 cm³/mol. The molecule has 0 aliphatic carbocycles. The second-order valence-corrected chi connectivity index (χ2v) is 3.42. The Hall–Kier alpha value is -2.35. The highest BCUT2D eigenvalue weighted by molar-refractivity contribution is 5.86. The first kappa shape index (κ1) is 13.7. The molecule has 0 amide bonds. The average Bonchev–Trinajstić information content (AvgIpc) is 2.48. The van der Waals surface area contributed by atoms with Gasteiger partial charge < -0.3 is 4.74 Å². The molecule has 0 saturated heterocycles. The molecule has 0 unspecified atom stereocenters. The first-order valence-electron chi connectivity index (χ1n) is 5.64. The Balaban J connectivity index is 0.000000225. The van der Waals surface area contributed by atoms with Crippen molar-refractivity contribution in [3.8, 4) is 0 Å². The lowest BCUT2D eigenvalue weighted by atomic mass is 10.2. The monoisotopic (exact) mass is 240 g/mol. The van der Waals surface area contributed by atoms with Crippen LogP contribution in [-0.2, 0) is 9.53 Å². The maximum absolute atomic E-state index is 10.7. The summed E-state index contributed by atoms with van der Waals surface area (Å²) in [4.78, 5) is 10.7. The zero-order chi connectivity index (χ0) is 13.1. The predicted octanol–water partition coefficient (Wildman–Crippen LogP) is 3.56. The van der Waals surface area contributed by atoms with Crippen LogP contribution in [0.15, 0.2) is 72.8 Å². The van der Waals surface area contributed by atoms with E-state index < -0.39 is 0 Å². The van der Waals surface area contributed by atoms with Crippen molar-refractivity contribution < 1.29 is 9.53 Å². The smallest absolute Gasteiger partial charge is 0.330 e. The minimum atomic E-state index is -0.334. The van der Waals surface area contributed by atoms with Gasteiger partial charge in [0.2, 0.25) is 0 Å². The quantitative estimate of drug-likeness (QED) is 0.592. The maximum atomic E-state index is 10.7. The van der Waals surface area contributed by atoms with E-state index in [0.29, 0.717) is 0 Å². The standard InChI is InChI=1S/C10H10O2.C6H6/c1-12-10(11)8-7-9-5-3-2-4-6-9;1-2-4-6-5-3-1/h2-8H,1H3;1-6H. The van der Waals surface area contributed by atoms with Crippen LogP contribution in [0.25, 0.3) is 6.08 Å². The molecule has 0 aliphatic rings. The van der Waals surface area contributed by atoms with Gasteiger partial charge in [-0.1, -0.05) is 66.7 Å². The number of benzene rings is 2. The van der Waals surface area contributed by atoms with Crippen molar-refractivity contribution in [2.75, 3.05) is 7.11 Å². The van der Waals surface area contributed by atoms with Crippen molar-refractivity contribution in [2.24, 2.45) is 0 Å². The Morgan fingerprint density at radius 1 is 0.889 bits per heavy atom. The molecule has 0 heterocycles. The molecule has 2 heteroatoms. The summed E-state index contributed by atoms with van der Waals surface area (Å²) in [7, 11) is 1.36. The SMILES string of the molecule is COC(=O)C=Cc1ccccc1.c1ccccc1. The summed E-state index contributed by atoms with van der Waals surface area (Å²) in [5.41, 5.74) is 0.989. The number of rotatable bonds is 2. The highest BCUT2D eigenvalue weighted by atomic mass is 16.5. The van der Waals surface area contributed by atoms with Crippen molar-refractivity contribution in [1.29, 1.82) is 0 Å². The van der Waals surface area contributed by atoms with Gasteiger partial charge in [-0.15, -0.1) is 0 Å². The summed E-state index contributed by atoms with van der Waals surface area (Å²) < 4.78 is 4.45. The van der Waals surface area contributed by atoms with Crippen LogP contribution >= 0.6 is 0 Å². The third kappa shape index (κ3) is 6.28. The van der Waals surface area contributed by atoms with Gasteiger partial charge in [0.15, 0.2) is 0 Å². The fourth-order valence-electron chi connectivity index (χ4n) is 1.18. The first-order chi connectivity index (χ1) is 8.83. The van der Waals surface area contributed by atoms with Gasteiger partial charge in [0.05, 0.1) is 7.11 Å². The molecule has 18 heavy (non-hydrogen) atoms. The van der Waals surface area contributed by atoms with E-state index in [2.05, 4.69) is 4.74 Å². The third-order valence-corrected chi connectivity index (χ3v) is 2.08. The van der Waals surface area contributed by atoms with Gasteiger partial charge >= 0.3 is 5.97 Å². The normalized spacial score (nSPS) is 9.39. The van der Waals surface area contributed by atoms with Gasteiger partial charge in [-0.25, -0.2) is 4.79 Å². The Bertz CT molecular complexity index is 434. The molecule has 0 bridgehead atoms. The molecule has 2 nitrogen and oxygen atoms in total. The number of methoxy groups -OCH3 is 1. The van der Waals surface area contributed by atoms with Crippen molar-refractivity contribution in [2.45, 2.75) is 0 Å². The summed E-state index contributed by atoms with van der Waals surface area (Å²) in [6.45, 7) is 0. The van der Waals surface area contributed by atoms with Gasteiger partial charge in [0.1, 0.15) is 0 Å².